The Bertz CT molecular complexity index is 1400. The molecule has 1 saturated carbocycles. The highest BCUT2D eigenvalue weighted by Gasteiger charge is 2.28. The molecule has 0 saturated heterocycles. The molecule has 1 aliphatic carbocycles. The zero-order chi connectivity index (χ0) is 22.4. The summed E-state index contributed by atoms with van der Waals surface area (Å²) in [5, 5.41) is 0.880. The maximum atomic E-state index is 13.5. The molecule has 0 N–H and O–H groups in total. The van der Waals surface area contributed by atoms with E-state index in [1.807, 2.05) is 26.0 Å². The second kappa shape index (κ2) is 8.06. The maximum absolute atomic E-state index is 13.5. The number of thioether (sulfide) groups is 1. The van der Waals surface area contributed by atoms with Gasteiger partial charge in [-0.2, -0.15) is 0 Å². The van der Waals surface area contributed by atoms with Crippen LogP contribution in [0, 0.1) is 19.7 Å². The van der Waals surface area contributed by atoms with Crippen molar-refractivity contribution < 1.29 is 9.18 Å². The highest BCUT2D eigenvalue weighted by Crippen LogP contribution is 2.38. The van der Waals surface area contributed by atoms with Crippen molar-refractivity contribution in [2.24, 2.45) is 0 Å². The van der Waals surface area contributed by atoms with Crippen LogP contribution < -0.4 is 5.56 Å². The largest absolute Gasteiger partial charge is 0.345 e. The van der Waals surface area contributed by atoms with Gasteiger partial charge in [-0.15, -0.1) is 0 Å². The molecule has 4 aromatic rings. The molecular formula is C25H22FN3O2S. The fraction of sp³-hybridized carbons (Fsp3) is 0.240. The summed E-state index contributed by atoms with van der Waals surface area (Å²) < 4.78 is 17.2. The third-order valence-corrected chi connectivity index (χ3v) is 6.80. The number of halogens is 1. The van der Waals surface area contributed by atoms with Crippen molar-refractivity contribution in [3.63, 3.8) is 0 Å². The average Bonchev–Trinajstić information content (AvgIpc) is 3.57. The molecule has 0 atom stereocenters. The number of aromatic nitrogens is 3. The van der Waals surface area contributed by atoms with Crippen LogP contribution in [0.25, 0.3) is 16.6 Å². The predicted octanol–water partition coefficient (Wildman–Crippen LogP) is 5.25. The van der Waals surface area contributed by atoms with E-state index < -0.39 is 0 Å². The van der Waals surface area contributed by atoms with Gasteiger partial charge in [0.25, 0.3) is 5.56 Å². The van der Waals surface area contributed by atoms with Gasteiger partial charge in [0.15, 0.2) is 10.9 Å². The normalized spacial score (nSPS) is 13.6. The molecule has 32 heavy (non-hydrogen) atoms. The van der Waals surface area contributed by atoms with Crippen LogP contribution >= 0.6 is 11.8 Å². The molecule has 2 heterocycles. The number of rotatable bonds is 6. The number of hydrogen-bond donors (Lipinski definition) is 0. The van der Waals surface area contributed by atoms with Gasteiger partial charge in [-0.1, -0.05) is 23.9 Å². The van der Waals surface area contributed by atoms with Gasteiger partial charge in [0, 0.05) is 23.0 Å². The number of carbonyl (C=O) groups excluding carboxylic acids is 1. The molecule has 5 rings (SSSR count). The average molecular weight is 448 g/mol. The molecule has 0 spiro atoms. The number of carbonyl (C=O) groups is 1. The molecule has 162 valence electrons. The Labute approximate surface area is 188 Å². The predicted molar refractivity (Wildman–Crippen MR) is 125 cm³/mol. The monoisotopic (exact) mass is 447 g/mol. The number of aryl methyl sites for hydroxylation is 1. The first kappa shape index (κ1) is 20.7. The van der Waals surface area contributed by atoms with Gasteiger partial charge in [-0.25, -0.2) is 9.37 Å². The first-order valence-corrected chi connectivity index (χ1v) is 11.5. The second-order valence-electron chi connectivity index (χ2n) is 8.13. The zero-order valence-corrected chi connectivity index (χ0v) is 18.7. The van der Waals surface area contributed by atoms with Crippen molar-refractivity contribution in [3.8, 4) is 5.69 Å². The molecule has 1 fully saturated rings. The van der Waals surface area contributed by atoms with E-state index in [1.165, 1.54) is 28.5 Å². The van der Waals surface area contributed by atoms with Crippen LogP contribution in [-0.2, 0) is 0 Å². The van der Waals surface area contributed by atoms with E-state index in [9.17, 15) is 14.0 Å². The lowest BCUT2D eigenvalue weighted by molar-refractivity contribution is 0.102. The van der Waals surface area contributed by atoms with Crippen LogP contribution in [0.2, 0.25) is 0 Å². The minimum absolute atomic E-state index is 0.00284. The van der Waals surface area contributed by atoms with Crippen molar-refractivity contribution in [2.75, 3.05) is 5.75 Å². The van der Waals surface area contributed by atoms with E-state index in [0.717, 1.165) is 29.8 Å². The van der Waals surface area contributed by atoms with Crippen LogP contribution in [-0.4, -0.2) is 25.7 Å². The van der Waals surface area contributed by atoms with Crippen LogP contribution in [0.5, 0.6) is 0 Å². The van der Waals surface area contributed by atoms with E-state index in [0.29, 0.717) is 27.8 Å². The molecule has 0 amide bonds. The minimum Gasteiger partial charge on any atom is -0.345 e. The molecule has 7 heteroatoms. The molecule has 0 bridgehead atoms. The van der Waals surface area contributed by atoms with Crippen LogP contribution in [0.1, 0.15) is 40.6 Å². The summed E-state index contributed by atoms with van der Waals surface area (Å²) in [6, 6.07) is 15.3. The summed E-state index contributed by atoms with van der Waals surface area (Å²) >= 11 is 1.23. The minimum atomic E-state index is -0.383. The van der Waals surface area contributed by atoms with Crippen molar-refractivity contribution in [2.45, 2.75) is 37.9 Å². The van der Waals surface area contributed by atoms with Gasteiger partial charge < -0.3 is 4.57 Å². The quantitative estimate of drug-likeness (QED) is 0.230. The van der Waals surface area contributed by atoms with Crippen LogP contribution in [0.15, 0.2) is 64.5 Å². The van der Waals surface area contributed by atoms with Gasteiger partial charge in [0.1, 0.15) is 5.82 Å². The van der Waals surface area contributed by atoms with Crippen molar-refractivity contribution >= 4 is 28.4 Å². The van der Waals surface area contributed by atoms with E-state index in [1.54, 1.807) is 30.3 Å². The first-order chi connectivity index (χ1) is 15.4. The summed E-state index contributed by atoms with van der Waals surface area (Å²) in [4.78, 5) is 31.0. The third kappa shape index (κ3) is 3.66. The third-order valence-electron chi connectivity index (χ3n) is 5.86. The van der Waals surface area contributed by atoms with Gasteiger partial charge in [0.05, 0.1) is 22.3 Å². The second-order valence-corrected chi connectivity index (χ2v) is 9.07. The summed E-state index contributed by atoms with van der Waals surface area (Å²) in [5.41, 5.74) is 3.65. The van der Waals surface area contributed by atoms with E-state index >= 15 is 0 Å². The van der Waals surface area contributed by atoms with E-state index in [4.69, 9.17) is 0 Å². The zero-order valence-electron chi connectivity index (χ0n) is 17.8. The lowest BCUT2D eigenvalue weighted by Crippen LogP contribution is -2.22. The fourth-order valence-corrected chi connectivity index (χ4v) is 5.08. The molecular weight excluding hydrogens is 425 g/mol. The van der Waals surface area contributed by atoms with Crippen molar-refractivity contribution in [1.29, 1.82) is 0 Å². The number of ketones is 1. The molecule has 5 nitrogen and oxygen atoms in total. The van der Waals surface area contributed by atoms with E-state index in [2.05, 4.69) is 9.55 Å². The Morgan fingerprint density at radius 3 is 2.56 bits per heavy atom. The van der Waals surface area contributed by atoms with Gasteiger partial charge >= 0.3 is 0 Å². The Balaban J connectivity index is 1.52. The van der Waals surface area contributed by atoms with Crippen LogP contribution in [0.3, 0.4) is 0 Å². The molecule has 2 aromatic carbocycles. The summed E-state index contributed by atoms with van der Waals surface area (Å²) in [5.74, 6) is -0.227. The lowest BCUT2D eigenvalue weighted by Gasteiger charge is -2.13. The smallest absolute Gasteiger partial charge is 0.266 e. The molecule has 0 radical (unpaired) electrons. The number of fused-ring (bicyclic) bond motifs is 1. The fourth-order valence-electron chi connectivity index (χ4n) is 4.19. The Morgan fingerprint density at radius 1 is 1.12 bits per heavy atom. The highest BCUT2D eigenvalue weighted by atomic mass is 32.2. The SMILES string of the molecule is Cc1cc(C(=O)CSc2nc3ccccc3c(=O)n2-c2ccc(F)cc2)c(C)n1C1CC1. The van der Waals surface area contributed by atoms with Crippen LogP contribution in [0.4, 0.5) is 4.39 Å². The number of Topliss-reactive ketones (excluding diaryl/α,β-unsaturated/α-hetero) is 1. The number of nitrogens with zero attached hydrogens (tertiary/aromatic N) is 3. The standard InChI is InChI=1S/C25H22FN3O2S/c1-15-13-21(16(2)28(15)18-11-12-18)23(30)14-32-25-27-22-6-4-3-5-20(22)24(31)29(25)19-9-7-17(26)8-10-19/h3-10,13,18H,11-12,14H2,1-2H3. The van der Waals surface area contributed by atoms with E-state index in [-0.39, 0.29) is 22.9 Å². The lowest BCUT2D eigenvalue weighted by atomic mass is 10.2. The topological polar surface area (TPSA) is 56.9 Å². The first-order valence-electron chi connectivity index (χ1n) is 10.6. The number of hydrogen-bond acceptors (Lipinski definition) is 4. The summed E-state index contributed by atoms with van der Waals surface area (Å²) in [7, 11) is 0. The summed E-state index contributed by atoms with van der Waals surface area (Å²) in [6.45, 7) is 4.03. The molecule has 0 unspecified atom stereocenters. The molecule has 2 aromatic heterocycles. The van der Waals surface area contributed by atoms with Crippen molar-refractivity contribution in [1.82, 2.24) is 14.1 Å². The molecule has 1 aliphatic rings. The summed E-state index contributed by atoms with van der Waals surface area (Å²) in [6.07, 6.45) is 2.31. The van der Waals surface area contributed by atoms with Gasteiger partial charge in [0.2, 0.25) is 0 Å². The van der Waals surface area contributed by atoms with Gasteiger partial charge in [-0.05, 0) is 69.2 Å². The highest BCUT2D eigenvalue weighted by molar-refractivity contribution is 7.99. The Hall–Kier alpha value is -3.19. The van der Waals surface area contributed by atoms with Crippen molar-refractivity contribution in [3.05, 3.63) is 87.7 Å². The number of para-hydroxylation sites is 1. The Morgan fingerprint density at radius 2 is 1.84 bits per heavy atom. The maximum Gasteiger partial charge on any atom is 0.266 e. The molecule has 0 aliphatic heterocycles. The Kier molecular flexibility index (Phi) is 5.21. The number of benzene rings is 2. The van der Waals surface area contributed by atoms with Gasteiger partial charge in [-0.3, -0.25) is 14.2 Å².